The van der Waals surface area contributed by atoms with Gasteiger partial charge in [-0.3, -0.25) is 27.7 Å². The number of phosphoric ester groups is 2. The first-order valence-electron chi connectivity index (χ1n) is 24.0. The average Bonchev–Trinajstić information content (AvgIpc) is 3.27. The molecule has 0 aliphatic rings. The van der Waals surface area contributed by atoms with Crippen molar-refractivity contribution in [2.75, 3.05) is 39.6 Å². The van der Waals surface area contributed by atoms with Crippen LogP contribution >= 0.6 is 15.6 Å². The van der Waals surface area contributed by atoms with Gasteiger partial charge in [-0.25, -0.2) is 9.13 Å². The molecule has 5 unspecified atom stereocenters. The predicted octanol–water partition coefficient (Wildman–Crippen LogP) is 10.8. The maximum Gasteiger partial charge on any atom is 0.472 e. The second-order valence-corrected chi connectivity index (χ2v) is 19.0. The second-order valence-electron chi connectivity index (χ2n) is 16.1. The molecule has 0 aromatic heterocycles. The minimum Gasteiger partial charge on any atom is -0.463 e. The molecule has 15 nitrogen and oxygen atoms in total. The maximum absolute atomic E-state index is 12.2. The van der Waals surface area contributed by atoms with Crippen molar-refractivity contribution in [3.8, 4) is 0 Å². The van der Waals surface area contributed by atoms with Gasteiger partial charge < -0.3 is 34.6 Å². The van der Waals surface area contributed by atoms with E-state index < -0.39 is 85.5 Å². The number of carbonyl (C=O) groups excluding carboxylic acids is 2. The molecule has 17 heteroatoms. The number of unbranched alkanes of at least 4 members (excludes halogenated alkanes) is 18. The van der Waals surface area contributed by atoms with Crippen molar-refractivity contribution in [1.29, 1.82) is 0 Å². The largest absolute Gasteiger partial charge is 0.472 e. The lowest BCUT2D eigenvalue weighted by Crippen LogP contribution is -2.25. The van der Waals surface area contributed by atoms with Crippen molar-refractivity contribution in [2.24, 2.45) is 0 Å². The van der Waals surface area contributed by atoms with Crippen LogP contribution in [0.15, 0.2) is 48.6 Å². The zero-order chi connectivity index (χ0) is 47.4. The molecule has 5 atom stereocenters. The number of aliphatic hydroxyl groups excluding tert-OH is 3. The Labute approximate surface area is 385 Å². The van der Waals surface area contributed by atoms with Gasteiger partial charge in [-0.05, 0) is 64.2 Å². The van der Waals surface area contributed by atoms with Gasteiger partial charge in [-0.15, -0.1) is 0 Å². The Kier molecular flexibility index (Phi) is 42.2. The number of esters is 2. The molecule has 0 fully saturated rings. The van der Waals surface area contributed by atoms with Gasteiger partial charge in [0.05, 0.1) is 26.4 Å². The molecule has 0 saturated heterocycles. The molecular formula is C47H86O15P2. The van der Waals surface area contributed by atoms with E-state index in [1.807, 2.05) is 12.2 Å². The van der Waals surface area contributed by atoms with Crippen LogP contribution in [0.25, 0.3) is 0 Å². The first kappa shape index (κ1) is 62.0. The summed E-state index contributed by atoms with van der Waals surface area (Å²) in [6.45, 7) is 0.311. The summed E-state index contributed by atoms with van der Waals surface area (Å²) in [7, 11) is -9.58. The van der Waals surface area contributed by atoms with Crippen molar-refractivity contribution in [2.45, 2.75) is 199 Å². The number of hydrogen-bond donors (Lipinski definition) is 5. The number of allylic oxidation sites excluding steroid dienone is 8. The number of phosphoric acid groups is 2. The molecule has 0 aromatic carbocycles. The van der Waals surface area contributed by atoms with Crippen LogP contribution in [-0.2, 0) is 46.3 Å². The highest BCUT2D eigenvalue weighted by atomic mass is 31.2. The van der Waals surface area contributed by atoms with Gasteiger partial charge in [0.2, 0.25) is 0 Å². The summed E-state index contributed by atoms with van der Waals surface area (Å²) in [4.78, 5) is 43.7. The van der Waals surface area contributed by atoms with Crippen molar-refractivity contribution >= 4 is 27.6 Å². The summed E-state index contributed by atoms with van der Waals surface area (Å²) in [6, 6.07) is 0. The van der Waals surface area contributed by atoms with E-state index in [1.165, 1.54) is 96.3 Å². The van der Waals surface area contributed by atoms with E-state index >= 15 is 0 Å². The molecule has 0 bridgehead atoms. The number of ether oxygens (including phenoxy) is 2. The monoisotopic (exact) mass is 953 g/mol. The fourth-order valence-electron chi connectivity index (χ4n) is 6.00. The van der Waals surface area contributed by atoms with Gasteiger partial charge in [0.1, 0.15) is 31.5 Å². The van der Waals surface area contributed by atoms with Crippen molar-refractivity contribution in [1.82, 2.24) is 0 Å². The zero-order valence-corrected chi connectivity index (χ0v) is 41.0. The zero-order valence-electron chi connectivity index (χ0n) is 39.2. The van der Waals surface area contributed by atoms with E-state index in [0.29, 0.717) is 12.8 Å². The van der Waals surface area contributed by atoms with Crippen LogP contribution in [0.1, 0.15) is 181 Å². The van der Waals surface area contributed by atoms with Crippen LogP contribution in [-0.4, -0.2) is 95.0 Å². The van der Waals surface area contributed by atoms with Gasteiger partial charge in [-0.2, -0.15) is 0 Å². The van der Waals surface area contributed by atoms with E-state index in [-0.39, 0.29) is 12.8 Å². The third-order valence-corrected chi connectivity index (χ3v) is 11.7. The Morgan fingerprint density at radius 2 is 0.703 bits per heavy atom. The molecule has 0 aromatic rings. The van der Waals surface area contributed by atoms with Crippen LogP contribution in [0.5, 0.6) is 0 Å². The Morgan fingerprint density at radius 1 is 0.406 bits per heavy atom. The van der Waals surface area contributed by atoms with Crippen molar-refractivity contribution in [3.63, 3.8) is 0 Å². The van der Waals surface area contributed by atoms with Crippen LogP contribution in [0.4, 0.5) is 0 Å². The lowest BCUT2D eigenvalue weighted by Gasteiger charge is -2.19. The number of rotatable bonds is 46. The van der Waals surface area contributed by atoms with Gasteiger partial charge in [0, 0.05) is 12.8 Å². The Hall–Kier alpha value is -2.00. The third kappa shape index (κ3) is 45.2. The van der Waals surface area contributed by atoms with Gasteiger partial charge in [-0.1, -0.05) is 152 Å². The Bertz CT molecular complexity index is 1340. The van der Waals surface area contributed by atoms with Crippen molar-refractivity contribution < 1.29 is 71.4 Å². The predicted molar refractivity (Wildman–Crippen MR) is 251 cm³/mol. The SMILES string of the molecule is CCCCC/C=C\C/C=C\CCCCCCCCCCCC(=O)OCC(O)COP(=O)(O)OCC(O)COP(=O)(O)OCC(O)COC(=O)CC/C=C/C/C=C\CCCCCCCC. The molecule has 374 valence electrons. The van der Waals surface area contributed by atoms with E-state index in [2.05, 4.69) is 68.4 Å². The standard InChI is InChI=1S/C47H86O15P2/c1-3-5-7-9-11-13-15-17-18-19-20-21-22-24-26-28-30-32-34-36-47(52)58-38-44(49)40-60-64(55,56)62-42-45(50)41-61-63(53,54)59-39-43(48)37-57-46(51)35-33-31-29-27-25-23-16-14-12-10-8-6-4-2/h11,13,17-18,23,25,29,31,43-45,48-50H,3-10,12,14-16,19-22,24,26-28,30,32-42H2,1-2H3,(H,53,54)(H,55,56)/b13-11-,18-17-,25-23-,31-29+. The summed E-state index contributed by atoms with van der Waals surface area (Å²) >= 11 is 0. The van der Waals surface area contributed by atoms with E-state index in [1.54, 1.807) is 0 Å². The third-order valence-electron chi connectivity index (χ3n) is 9.77. The molecule has 5 N–H and O–H groups in total. The summed E-state index contributed by atoms with van der Waals surface area (Å²) in [5, 5.41) is 30.0. The van der Waals surface area contributed by atoms with Crippen molar-refractivity contribution in [3.05, 3.63) is 48.6 Å². The Morgan fingerprint density at radius 3 is 1.11 bits per heavy atom. The molecule has 0 radical (unpaired) electrons. The fourth-order valence-corrected chi connectivity index (χ4v) is 7.59. The molecule has 64 heavy (non-hydrogen) atoms. The molecule has 0 aliphatic heterocycles. The minimum atomic E-state index is -4.79. The van der Waals surface area contributed by atoms with Crippen LogP contribution < -0.4 is 0 Å². The lowest BCUT2D eigenvalue weighted by molar-refractivity contribution is -0.148. The number of aliphatic hydroxyl groups is 3. The molecule has 0 spiro atoms. The summed E-state index contributed by atoms with van der Waals surface area (Å²) < 4.78 is 52.9. The van der Waals surface area contributed by atoms with Gasteiger partial charge in [0.25, 0.3) is 0 Å². The van der Waals surface area contributed by atoms with E-state index in [0.717, 1.165) is 44.9 Å². The van der Waals surface area contributed by atoms with Gasteiger partial charge in [0.15, 0.2) is 0 Å². The molecule has 0 heterocycles. The topological polar surface area (TPSA) is 225 Å². The highest BCUT2D eigenvalue weighted by Gasteiger charge is 2.28. The first-order valence-corrected chi connectivity index (χ1v) is 27.0. The van der Waals surface area contributed by atoms with E-state index in [9.17, 15) is 43.8 Å². The average molecular weight is 953 g/mol. The fraction of sp³-hybridized carbons (Fsp3) is 0.787. The quantitative estimate of drug-likeness (QED) is 0.0166. The number of hydrogen-bond acceptors (Lipinski definition) is 13. The first-order chi connectivity index (χ1) is 30.8. The van der Waals surface area contributed by atoms with Crippen LogP contribution in [0, 0.1) is 0 Å². The lowest BCUT2D eigenvalue weighted by atomic mass is 10.1. The summed E-state index contributed by atoms with van der Waals surface area (Å²) in [5.41, 5.74) is 0. The van der Waals surface area contributed by atoms with Crippen LogP contribution in [0.3, 0.4) is 0 Å². The normalized spacial score (nSPS) is 15.5. The van der Waals surface area contributed by atoms with Crippen LogP contribution in [0.2, 0.25) is 0 Å². The summed E-state index contributed by atoms with van der Waals surface area (Å²) in [6.07, 6.45) is 39.7. The summed E-state index contributed by atoms with van der Waals surface area (Å²) in [5.74, 6) is -1.07. The molecule has 0 rings (SSSR count). The molecular weight excluding hydrogens is 866 g/mol. The second kappa shape index (κ2) is 43.6. The van der Waals surface area contributed by atoms with Gasteiger partial charge >= 0.3 is 27.6 Å². The highest BCUT2D eigenvalue weighted by molar-refractivity contribution is 7.47. The minimum absolute atomic E-state index is 0.0902. The molecule has 0 aliphatic carbocycles. The van der Waals surface area contributed by atoms with E-state index in [4.69, 9.17) is 9.47 Å². The molecule has 0 saturated carbocycles. The highest BCUT2D eigenvalue weighted by Crippen LogP contribution is 2.45. The Balaban J connectivity index is 3.92. The maximum atomic E-state index is 12.2. The molecule has 0 amide bonds. The number of carbonyl (C=O) groups is 2. The smallest absolute Gasteiger partial charge is 0.463 e.